The highest BCUT2D eigenvalue weighted by Gasteiger charge is 2.35. The third-order valence-electron chi connectivity index (χ3n) is 6.20. The van der Waals surface area contributed by atoms with Crippen molar-refractivity contribution in [2.45, 2.75) is 38.8 Å². The minimum Gasteiger partial charge on any atom is -0.393 e. The Balaban J connectivity index is 1.47. The zero-order valence-electron chi connectivity index (χ0n) is 19.0. The van der Waals surface area contributed by atoms with E-state index in [0.717, 1.165) is 10.4 Å². The summed E-state index contributed by atoms with van der Waals surface area (Å²) in [6, 6.07) is 5.72. The molecule has 0 aliphatic heterocycles. The minimum atomic E-state index is -4.07. The summed E-state index contributed by atoms with van der Waals surface area (Å²) in [5.74, 6) is -0.529. The first-order valence-electron chi connectivity index (χ1n) is 11.0. The molecule has 3 heterocycles. The van der Waals surface area contributed by atoms with Crippen LogP contribution in [0.2, 0.25) is 0 Å². The second-order valence-corrected chi connectivity index (χ2v) is 11.2. The molecule has 3 aromatic rings. The Morgan fingerprint density at radius 2 is 2.23 bits per heavy atom. The minimum absolute atomic E-state index is 0.00392. The van der Waals surface area contributed by atoms with Crippen molar-refractivity contribution in [1.29, 1.82) is 5.26 Å². The number of rotatable bonds is 9. The number of carbonyl (C=O) groups excluding carboxylic acids is 1. The van der Waals surface area contributed by atoms with E-state index < -0.39 is 16.4 Å². The van der Waals surface area contributed by atoms with Crippen molar-refractivity contribution >= 4 is 27.4 Å². The van der Waals surface area contributed by atoms with Crippen LogP contribution in [0.3, 0.4) is 0 Å². The van der Waals surface area contributed by atoms with Crippen LogP contribution in [-0.4, -0.2) is 46.6 Å². The van der Waals surface area contributed by atoms with E-state index in [2.05, 4.69) is 20.2 Å². The van der Waals surface area contributed by atoms with Crippen LogP contribution in [0.25, 0.3) is 0 Å². The van der Waals surface area contributed by atoms with Crippen LogP contribution >= 0.6 is 11.3 Å². The molecule has 0 radical (unpaired) electrons. The number of hydrogen-bond acceptors (Lipinski definition) is 9. The average Bonchev–Trinajstić information content (AvgIpc) is 3.51. The van der Waals surface area contributed by atoms with E-state index >= 15 is 0 Å². The third-order valence-corrected chi connectivity index (χ3v) is 7.76. The van der Waals surface area contributed by atoms with Gasteiger partial charge in [0.05, 0.1) is 34.4 Å². The highest BCUT2D eigenvalue weighted by molar-refractivity contribution is 7.84. The van der Waals surface area contributed by atoms with E-state index in [-0.39, 0.29) is 24.2 Å². The van der Waals surface area contributed by atoms with E-state index in [9.17, 15) is 18.3 Å². The molecule has 0 saturated heterocycles. The van der Waals surface area contributed by atoms with Crippen LogP contribution in [0.15, 0.2) is 37.1 Å². The van der Waals surface area contributed by atoms with Crippen LogP contribution in [0.1, 0.15) is 49.8 Å². The van der Waals surface area contributed by atoms with E-state index in [1.807, 2.05) is 23.8 Å². The Kier molecular flexibility index (Phi) is 7.44. The summed E-state index contributed by atoms with van der Waals surface area (Å²) in [5, 5.41) is 24.2. The molecular weight excluding hydrogens is 490 g/mol. The highest BCUT2D eigenvalue weighted by Crippen LogP contribution is 2.35. The number of aryl methyl sites for hydroxylation is 1. The van der Waals surface area contributed by atoms with Crippen LogP contribution < -0.4 is 5.14 Å². The summed E-state index contributed by atoms with van der Waals surface area (Å²) in [5.41, 5.74) is 2.57. The average molecular weight is 516 g/mol. The smallest absolute Gasteiger partial charge is 0.333 e. The molecule has 3 N–H and O–H groups in total. The maximum absolute atomic E-state index is 13.4. The Morgan fingerprint density at radius 1 is 1.43 bits per heavy atom. The predicted molar refractivity (Wildman–Crippen MR) is 128 cm³/mol. The number of nitriles is 1. The van der Waals surface area contributed by atoms with Gasteiger partial charge in [-0.05, 0) is 49.8 Å². The first-order chi connectivity index (χ1) is 16.6. The predicted octanol–water partition coefficient (Wildman–Crippen LogP) is 1.95. The normalized spacial score (nSPS) is 20.1. The lowest BCUT2D eigenvalue weighted by atomic mass is 9.96. The number of hydrogen-bond donors (Lipinski definition) is 2. The SMILES string of the molecule is Cc1sc(C(=O)c2cncnc2C[C@@H]2C[C@H](COS(N)(=O)=O)[C@@H](O)C2)cc1Cn1ccc(C#N)c1. The van der Waals surface area contributed by atoms with Crippen LogP contribution in [0.4, 0.5) is 0 Å². The molecular formula is C23H25N5O5S2. The van der Waals surface area contributed by atoms with Gasteiger partial charge in [0, 0.05) is 35.9 Å². The number of aromatic nitrogens is 3. The van der Waals surface area contributed by atoms with Gasteiger partial charge < -0.3 is 9.67 Å². The molecule has 3 aromatic heterocycles. The fraction of sp³-hybridized carbons (Fsp3) is 0.391. The monoisotopic (exact) mass is 515 g/mol. The van der Waals surface area contributed by atoms with E-state index in [4.69, 9.17) is 10.4 Å². The summed E-state index contributed by atoms with van der Waals surface area (Å²) < 4.78 is 28.7. The number of aliphatic hydroxyl groups excluding tert-OH is 1. The zero-order valence-corrected chi connectivity index (χ0v) is 20.6. The first-order valence-corrected chi connectivity index (χ1v) is 13.3. The van der Waals surface area contributed by atoms with E-state index in [1.54, 1.807) is 12.3 Å². The molecule has 0 unspecified atom stereocenters. The summed E-state index contributed by atoms with van der Waals surface area (Å²) >= 11 is 1.40. The quantitative estimate of drug-likeness (QED) is 0.409. The highest BCUT2D eigenvalue weighted by atomic mass is 32.2. The number of nitrogens with two attached hydrogens (primary N) is 1. The van der Waals surface area contributed by atoms with Crippen LogP contribution in [0, 0.1) is 30.1 Å². The number of ketones is 1. The Hall–Kier alpha value is -2.95. The molecule has 184 valence electrons. The second kappa shape index (κ2) is 10.3. The Bertz CT molecular complexity index is 1370. The van der Waals surface area contributed by atoms with Gasteiger partial charge in [-0.25, -0.2) is 15.1 Å². The summed E-state index contributed by atoms with van der Waals surface area (Å²) in [6.07, 6.45) is 7.19. The van der Waals surface area contributed by atoms with Gasteiger partial charge in [-0.3, -0.25) is 8.98 Å². The fourth-order valence-corrected chi connectivity index (χ4v) is 5.80. The topological polar surface area (TPSA) is 161 Å². The number of aliphatic hydroxyl groups is 1. The molecule has 10 nitrogen and oxygen atoms in total. The third kappa shape index (κ3) is 6.19. The van der Waals surface area contributed by atoms with Gasteiger partial charge in [-0.1, -0.05) is 0 Å². The first kappa shape index (κ1) is 25.2. The number of carbonyl (C=O) groups is 1. The van der Waals surface area contributed by atoms with Crippen molar-refractivity contribution in [1.82, 2.24) is 14.5 Å². The number of nitrogens with zero attached hydrogens (tertiary/aromatic N) is 4. The van der Waals surface area contributed by atoms with Gasteiger partial charge in [-0.2, -0.15) is 13.7 Å². The van der Waals surface area contributed by atoms with Crippen molar-refractivity contribution in [2.24, 2.45) is 17.0 Å². The maximum Gasteiger partial charge on any atom is 0.333 e. The molecule has 0 spiro atoms. The van der Waals surface area contributed by atoms with Crippen LogP contribution in [0.5, 0.6) is 0 Å². The van der Waals surface area contributed by atoms with Crippen LogP contribution in [-0.2, 0) is 27.5 Å². The molecule has 12 heteroatoms. The molecule has 0 bridgehead atoms. The Labute approximate surface area is 207 Å². The van der Waals surface area contributed by atoms with Gasteiger partial charge in [0.1, 0.15) is 12.4 Å². The van der Waals surface area contributed by atoms with E-state index in [1.165, 1.54) is 23.9 Å². The maximum atomic E-state index is 13.4. The molecule has 1 aliphatic rings. The molecule has 0 amide bonds. The summed E-state index contributed by atoms with van der Waals surface area (Å²) in [4.78, 5) is 23.4. The van der Waals surface area contributed by atoms with Gasteiger partial charge >= 0.3 is 10.3 Å². The lowest BCUT2D eigenvalue weighted by Crippen LogP contribution is -2.24. The van der Waals surface area contributed by atoms with Crippen molar-refractivity contribution in [2.75, 3.05) is 6.61 Å². The largest absolute Gasteiger partial charge is 0.393 e. The number of thiophene rings is 1. The van der Waals surface area contributed by atoms with Gasteiger partial charge in [-0.15, -0.1) is 11.3 Å². The molecule has 1 aliphatic carbocycles. The van der Waals surface area contributed by atoms with Crippen molar-refractivity contribution in [3.8, 4) is 6.07 Å². The standard InChI is InChI=1S/C23H25N5O5S2/c1-14-17(11-28-3-2-15(8-24)10-28)7-22(34-14)23(30)19-9-26-13-27-20(19)5-16-4-18(21(29)6-16)12-33-35(25,31)32/h2-3,7,9-10,13,16,18,21,29H,4-6,11-12H2,1H3,(H2,25,31,32)/t16-,18+,21-/m0/s1. The molecule has 35 heavy (non-hydrogen) atoms. The Morgan fingerprint density at radius 3 is 2.94 bits per heavy atom. The molecule has 1 fully saturated rings. The summed E-state index contributed by atoms with van der Waals surface area (Å²) in [6.45, 7) is 2.33. The van der Waals surface area contributed by atoms with Crippen molar-refractivity contribution < 1.29 is 22.5 Å². The van der Waals surface area contributed by atoms with Crippen molar-refractivity contribution in [3.63, 3.8) is 0 Å². The lowest BCUT2D eigenvalue weighted by Gasteiger charge is -2.13. The fourth-order valence-electron chi connectivity index (χ4n) is 4.45. The molecule has 3 atom stereocenters. The van der Waals surface area contributed by atoms with E-state index in [0.29, 0.717) is 47.5 Å². The second-order valence-electron chi connectivity index (χ2n) is 8.73. The zero-order chi connectivity index (χ0) is 25.2. The lowest BCUT2D eigenvalue weighted by molar-refractivity contribution is 0.100. The molecule has 4 rings (SSSR count). The van der Waals surface area contributed by atoms with Gasteiger partial charge in [0.25, 0.3) is 0 Å². The summed E-state index contributed by atoms with van der Waals surface area (Å²) in [7, 11) is -4.07. The van der Waals surface area contributed by atoms with Gasteiger partial charge in [0.15, 0.2) is 0 Å². The molecule has 1 saturated carbocycles. The molecule has 0 aromatic carbocycles. The van der Waals surface area contributed by atoms with Gasteiger partial charge in [0.2, 0.25) is 5.78 Å². The van der Waals surface area contributed by atoms with Crippen molar-refractivity contribution in [3.05, 3.63) is 69.2 Å².